The summed E-state index contributed by atoms with van der Waals surface area (Å²) in [5.74, 6) is -1.28. The van der Waals surface area contributed by atoms with Crippen LogP contribution in [-0.2, 0) is 19.1 Å². The molecule has 184 valence electrons. The Bertz CT molecular complexity index is 1100. The van der Waals surface area contributed by atoms with Gasteiger partial charge >= 0.3 is 12.1 Å². The van der Waals surface area contributed by atoms with Gasteiger partial charge in [-0.15, -0.1) is 0 Å². The van der Waals surface area contributed by atoms with Gasteiger partial charge in [-0.3, -0.25) is 9.59 Å². The fourth-order valence-corrected chi connectivity index (χ4v) is 5.77. The number of nitrogens with one attached hydrogen (secondary N) is 1. The van der Waals surface area contributed by atoms with Crippen LogP contribution in [0.5, 0.6) is 0 Å². The molecule has 2 amide bonds. The van der Waals surface area contributed by atoms with Gasteiger partial charge in [-0.1, -0.05) is 48.5 Å². The molecule has 8 heteroatoms. The predicted molar refractivity (Wildman–Crippen MR) is 128 cm³/mol. The van der Waals surface area contributed by atoms with Crippen LogP contribution in [0.15, 0.2) is 48.5 Å². The van der Waals surface area contributed by atoms with Gasteiger partial charge in [0, 0.05) is 44.0 Å². The predicted octanol–water partition coefficient (Wildman–Crippen LogP) is 3.25. The summed E-state index contributed by atoms with van der Waals surface area (Å²) >= 11 is 0. The summed E-state index contributed by atoms with van der Waals surface area (Å²) in [6, 6.07) is 15.8. The largest absolute Gasteiger partial charge is 0.481 e. The lowest BCUT2D eigenvalue weighted by molar-refractivity contribution is -0.157. The van der Waals surface area contributed by atoms with Gasteiger partial charge in [0.2, 0.25) is 5.91 Å². The summed E-state index contributed by atoms with van der Waals surface area (Å²) in [6.45, 7) is 3.25. The Morgan fingerprint density at radius 2 is 1.80 bits per heavy atom. The van der Waals surface area contributed by atoms with E-state index >= 15 is 0 Å². The Hall–Kier alpha value is -3.39. The molecule has 0 spiro atoms. The smallest absolute Gasteiger partial charge is 0.407 e. The number of carbonyl (C=O) groups is 3. The molecule has 2 N–H and O–H groups in total. The lowest BCUT2D eigenvalue weighted by Gasteiger charge is -2.33. The van der Waals surface area contributed by atoms with Crippen molar-refractivity contribution in [2.24, 2.45) is 11.3 Å². The number of carbonyl (C=O) groups excluding carboxylic acids is 2. The number of benzene rings is 2. The molecule has 2 heterocycles. The van der Waals surface area contributed by atoms with E-state index in [1.807, 2.05) is 24.3 Å². The van der Waals surface area contributed by atoms with E-state index in [2.05, 4.69) is 29.6 Å². The fraction of sp³-hybridized carbons (Fsp3) is 0.444. The zero-order valence-corrected chi connectivity index (χ0v) is 19.7. The van der Waals surface area contributed by atoms with Crippen molar-refractivity contribution >= 4 is 18.0 Å². The maximum atomic E-state index is 12.9. The molecule has 3 aliphatic rings. The number of fused-ring (bicyclic) bond motifs is 4. The number of ether oxygens (including phenoxy) is 2. The first-order chi connectivity index (χ1) is 16.9. The van der Waals surface area contributed by atoms with Crippen LogP contribution in [0.3, 0.4) is 0 Å². The Balaban J connectivity index is 1.15. The number of nitrogens with zero attached hydrogens (tertiary/aromatic N) is 1. The van der Waals surface area contributed by atoms with Crippen molar-refractivity contribution in [2.45, 2.75) is 31.7 Å². The molecule has 8 nitrogen and oxygen atoms in total. The highest BCUT2D eigenvalue weighted by Gasteiger charge is 2.54. The molecule has 0 unspecified atom stereocenters. The van der Waals surface area contributed by atoms with E-state index in [0.29, 0.717) is 26.2 Å². The molecular formula is C27H30N2O6. The maximum absolute atomic E-state index is 12.9. The minimum absolute atomic E-state index is 0.0348. The number of hydrogen-bond acceptors (Lipinski definition) is 5. The number of aliphatic carboxylic acids is 1. The number of carboxylic acids is 1. The minimum atomic E-state index is -0.933. The fourth-order valence-electron chi connectivity index (χ4n) is 5.77. The average Bonchev–Trinajstić information content (AvgIpc) is 3.40. The second-order valence-corrected chi connectivity index (χ2v) is 9.83. The molecule has 0 aromatic heterocycles. The number of carboxylic acid groups (broad SMARTS) is 1. The van der Waals surface area contributed by atoms with E-state index in [0.717, 1.165) is 22.3 Å². The van der Waals surface area contributed by atoms with Gasteiger partial charge in [-0.25, -0.2) is 4.79 Å². The van der Waals surface area contributed by atoms with Crippen LogP contribution < -0.4 is 5.32 Å². The number of likely N-dealkylation sites (tertiary alicyclic amines) is 1. The summed E-state index contributed by atoms with van der Waals surface area (Å²) in [4.78, 5) is 39.0. The minimum Gasteiger partial charge on any atom is -0.481 e. The van der Waals surface area contributed by atoms with Crippen LogP contribution in [0.25, 0.3) is 11.1 Å². The van der Waals surface area contributed by atoms with Crippen LogP contribution in [-0.4, -0.2) is 66.9 Å². The quantitative estimate of drug-likeness (QED) is 0.660. The summed E-state index contributed by atoms with van der Waals surface area (Å²) in [7, 11) is 0. The number of hydrogen-bond donors (Lipinski definition) is 2. The van der Waals surface area contributed by atoms with Gasteiger partial charge in [0.1, 0.15) is 6.61 Å². The molecule has 2 aromatic carbocycles. The Morgan fingerprint density at radius 1 is 1.14 bits per heavy atom. The first-order valence-corrected chi connectivity index (χ1v) is 12.1. The van der Waals surface area contributed by atoms with E-state index in [-0.39, 0.29) is 37.3 Å². The Kier molecular flexibility index (Phi) is 6.23. The second-order valence-electron chi connectivity index (χ2n) is 9.83. The van der Waals surface area contributed by atoms with Crippen LogP contribution in [0.2, 0.25) is 0 Å². The van der Waals surface area contributed by atoms with Gasteiger partial charge in [0.05, 0.1) is 12.0 Å². The van der Waals surface area contributed by atoms with Crippen molar-refractivity contribution in [1.29, 1.82) is 0 Å². The van der Waals surface area contributed by atoms with E-state index in [9.17, 15) is 19.5 Å². The highest BCUT2D eigenvalue weighted by Crippen LogP contribution is 2.45. The molecule has 3 atom stereocenters. The number of alkyl carbamates (subject to hydrolysis) is 1. The van der Waals surface area contributed by atoms with Crippen molar-refractivity contribution < 1.29 is 29.0 Å². The average molecular weight is 479 g/mol. The first kappa shape index (κ1) is 23.4. The standard InChI is InChI=1S/C27H30N2O6/c1-17(12-24(30)29-13-18-14-34-11-10-27(18,16-29)25(31)32)28-26(33)35-15-23-21-8-4-2-6-19(21)20-7-3-5-9-22(20)23/h2-9,17-18,23H,10-16H2,1H3,(H,28,33)(H,31,32)/t17-,18+,27-/m1/s1. The highest BCUT2D eigenvalue weighted by molar-refractivity contribution is 5.82. The molecule has 5 rings (SSSR count). The molecule has 2 aromatic rings. The number of rotatable bonds is 6. The lowest BCUT2D eigenvalue weighted by Crippen LogP contribution is -2.45. The monoisotopic (exact) mass is 478 g/mol. The van der Waals surface area contributed by atoms with Crippen molar-refractivity contribution in [3.63, 3.8) is 0 Å². The zero-order chi connectivity index (χ0) is 24.6. The van der Waals surface area contributed by atoms with Crippen LogP contribution in [0.1, 0.15) is 36.8 Å². The summed E-state index contributed by atoms with van der Waals surface area (Å²) in [5.41, 5.74) is 3.66. The SMILES string of the molecule is C[C@H](CC(=O)N1C[C@H]2COCC[C@@]2(C(=O)O)C1)NC(=O)OCC1c2ccccc2-c2ccccc21. The Morgan fingerprint density at radius 3 is 2.43 bits per heavy atom. The molecule has 2 aliphatic heterocycles. The second kappa shape index (κ2) is 9.34. The van der Waals surface area contributed by atoms with Crippen LogP contribution in [0, 0.1) is 11.3 Å². The van der Waals surface area contributed by atoms with Gasteiger partial charge in [0.25, 0.3) is 0 Å². The molecule has 2 fully saturated rings. The van der Waals surface area contributed by atoms with Gasteiger partial charge in [-0.2, -0.15) is 0 Å². The summed E-state index contributed by atoms with van der Waals surface area (Å²) < 4.78 is 11.0. The van der Waals surface area contributed by atoms with Crippen LogP contribution >= 0.6 is 0 Å². The maximum Gasteiger partial charge on any atom is 0.407 e. The normalized spacial score (nSPS) is 23.7. The molecule has 0 radical (unpaired) electrons. The van der Waals surface area contributed by atoms with E-state index in [1.54, 1.807) is 11.8 Å². The third kappa shape index (κ3) is 4.27. The third-order valence-electron chi connectivity index (χ3n) is 7.67. The molecule has 0 bridgehead atoms. The van der Waals surface area contributed by atoms with Gasteiger partial charge < -0.3 is 24.8 Å². The molecule has 35 heavy (non-hydrogen) atoms. The number of amides is 2. The van der Waals surface area contributed by atoms with E-state index in [4.69, 9.17) is 9.47 Å². The molecule has 0 saturated carbocycles. The lowest BCUT2D eigenvalue weighted by atomic mass is 9.74. The van der Waals surface area contributed by atoms with E-state index in [1.165, 1.54) is 0 Å². The molecular weight excluding hydrogens is 448 g/mol. The summed E-state index contributed by atoms with van der Waals surface area (Å²) in [5, 5.41) is 12.6. The highest BCUT2D eigenvalue weighted by atomic mass is 16.5. The van der Waals surface area contributed by atoms with Crippen LogP contribution in [0.4, 0.5) is 4.79 Å². The molecule has 1 aliphatic carbocycles. The van der Waals surface area contributed by atoms with Gasteiger partial charge in [-0.05, 0) is 35.6 Å². The third-order valence-corrected chi connectivity index (χ3v) is 7.67. The van der Waals surface area contributed by atoms with E-state index < -0.39 is 23.5 Å². The topological polar surface area (TPSA) is 105 Å². The van der Waals surface area contributed by atoms with Gasteiger partial charge in [0.15, 0.2) is 0 Å². The first-order valence-electron chi connectivity index (χ1n) is 12.1. The van der Waals surface area contributed by atoms with Crippen molar-refractivity contribution in [3.8, 4) is 11.1 Å². The van der Waals surface area contributed by atoms with Crippen molar-refractivity contribution in [2.75, 3.05) is 32.9 Å². The summed E-state index contributed by atoms with van der Waals surface area (Å²) in [6.07, 6.45) is -0.0877. The van der Waals surface area contributed by atoms with Crippen molar-refractivity contribution in [1.82, 2.24) is 10.2 Å². The zero-order valence-electron chi connectivity index (χ0n) is 19.7. The Labute approximate surface area is 204 Å². The van der Waals surface area contributed by atoms with Crippen molar-refractivity contribution in [3.05, 3.63) is 59.7 Å². The molecule has 2 saturated heterocycles.